The summed E-state index contributed by atoms with van der Waals surface area (Å²) in [4.78, 5) is 33.2. The molecule has 2 aliphatic rings. The van der Waals surface area contributed by atoms with Crippen LogP contribution in [0.1, 0.15) is 42.1 Å². The van der Waals surface area contributed by atoms with E-state index >= 15 is 0 Å². The summed E-state index contributed by atoms with van der Waals surface area (Å²) in [5, 5.41) is 11.9. The van der Waals surface area contributed by atoms with Crippen LogP contribution in [0.15, 0.2) is 66.2 Å². The molecule has 7 nitrogen and oxygen atoms in total. The molecular weight excluding hydrogens is 500 g/mol. The smallest absolute Gasteiger partial charge is 0.301 e. The van der Waals surface area contributed by atoms with E-state index in [4.69, 9.17) is 9.47 Å². The quantitative estimate of drug-likeness (QED) is 0.200. The van der Waals surface area contributed by atoms with E-state index in [0.717, 1.165) is 33.6 Å². The van der Waals surface area contributed by atoms with Crippen molar-refractivity contribution in [2.24, 2.45) is 0 Å². The summed E-state index contributed by atoms with van der Waals surface area (Å²) >= 11 is 1.30. The number of aliphatic hydroxyl groups excluding tert-OH is 1. The third-order valence-electron chi connectivity index (χ3n) is 7.11. The maximum atomic E-state index is 13.5. The van der Waals surface area contributed by atoms with Gasteiger partial charge in [-0.05, 0) is 66.4 Å². The molecular formula is C30H26N2O5S. The van der Waals surface area contributed by atoms with Crippen LogP contribution in [0.25, 0.3) is 16.0 Å². The molecule has 0 saturated carbocycles. The lowest BCUT2D eigenvalue weighted by Crippen LogP contribution is -2.29. The SMILES string of the molecule is CCc1ccc([C@H]2C(=C(O)c3ccc4c(c3)C[C@@H](C)O4)C(=O)C(=O)N2c2nc3ccc(OC)cc3s2)cc1. The molecule has 0 aliphatic carbocycles. The van der Waals surface area contributed by atoms with Gasteiger partial charge in [-0.3, -0.25) is 14.5 Å². The number of hydrogen-bond donors (Lipinski definition) is 1. The number of thiazole rings is 1. The van der Waals surface area contributed by atoms with Gasteiger partial charge < -0.3 is 14.6 Å². The molecule has 1 fully saturated rings. The summed E-state index contributed by atoms with van der Waals surface area (Å²) in [6.07, 6.45) is 1.61. The minimum atomic E-state index is -0.827. The van der Waals surface area contributed by atoms with Gasteiger partial charge in [0, 0.05) is 12.0 Å². The Morgan fingerprint density at radius 1 is 1.13 bits per heavy atom. The van der Waals surface area contributed by atoms with Crippen LogP contribution in [0, 0.1) is 0 Å². The van der Waals surface area contributed by atoms with Crippen LogP contribution in [0.2, 0.25) is 0 Å². The summed E-state index contributed by atoms with van der Waals surface area (Å²) < 4.78 is 12.0. The summed E-state index contributed by atoms with van der Waals surface area (Å²) in [6.45, 7) is 4.05. The second kappa shape index (κ2) is 9.29. The Bertz CT molecular complexity index is 1620. The van der Waals surface area contributed by atoms with Crippen molar-refractivity contribution in [2.75, 3.05) is 12.0 Å². The van der Waals surface area contributed by atoms with E-state index in [-0.39, 0.29) is 17.4 Å². The number of carbonyl (C=O) groups excluding carboxylic acids is 2. The number of Topliss-reactive ketones (excluding diaryl/α,β-unsaturated/α-hetero) is 1. The van der Waals surface area contributed by atoms with Crippen LogP contribution in [0.5, 0.6) is 11.5 Å². The van der Waals surface area contributed by atoms with Gasteiger partial charge in [-0.15, -0.1) is 0 Å². The third kappa shape index (κ3) is 3.92. The van der Waals surface area contributed by atoms with Crippen LogP contribution >= 0.6 is 11.3 Å². The average molecular weight is 527 g/mol. The maximum Gasteiger partial charge on any atom is 0.301 e. The number of aryl methyl sites for hydroxylation is 1. The second-order valence-corrected chi connectivity index (χ2v) is 10.6. The molecule has 3 aromatic carbocycles. The fourth-order valence-corrected chi connectivity index (χ4v) is 6.15. The molecule has 1 N–H and O–H groups in total. The first kappa shape index (κ1) is 24.2. The topological polar surface area (TPSA) is 89.0 Å². The number of amides is 1. The molecule has 0 spiro atoms. The van der Waals surface area contributed by atoms with Gasteiger partial charge in [0.15, 0.2) is 5.13 Å². The highest BCUT2D eigenvalue weighted by Gasteiger charge is 2.48. The van der Waals surface area contributed by atoms with Crippen molar-refractivity contribution in [1.29, 1.82) is 0 Å². The van der Waals surface area contributed by atoms with Gasteiger partial charge in [0.1, 0.15) is 23.4 Å². The summed E-state index contributed by atoms with van der Waals surface area (Å²) in [5.41, 5.74) is 4.02. The predicted octanol–water partition coefficient (Wildman–Crippen LogP) is 5.82. The van der Waals surface area contributed by atoms with Gasteiger partial charge in [0.2, 0.25) is 0 Å². The van der Waals surface area contributed by atoms with E-state index in [0.29, 0.717) is 28.4 Å². The predicted molar refractivity (Wildman–Crippen MR) is 147 cm³/mol. The van der Waals surface area contributed by atoms with Gasteiger partial charge >= 0.3 is 5.91 Å². The highest BCUT2D eigenvalue weighted by Crippen LogP contribution is 2.45. The molecule has 2 aliphatic heterocycles. The fraction of sp³-hybridized carbons (Fsp3) is 0.233. The Morgan fingerprint density at radius 3 is 2.66 bits per heavy atom. The van der Waals surface area contributed by atoms with Gasteiger partial charge in [-0.2, -0.15) is 0 Å². The number of aliphatic hydroxyl groups is 1. The number of ether oxygens (including phenoxy) is 2. The Labute approximate surface area is 224 Å². The fourth-order valence-electron chi connectivity index (χ4n) is 5.13. The van der Waals surface area contributed by atoms with Crippen molar-refractivity contribution in [1.82, 2.24) is 4.98 Å². The lowest BCUT2D eigenvalue weighted by molar-refractivity contribution is -0.132. The number of fused-ring (bicyclic) bond motifs is 2. The molecule has 0 unspecified atom stereocenters. The average Bonchev–Trinajstić information content (AvgIpc) is 3.60. The standard InChI is InChI=1S/C30H26N2O5S/c1-4-17-5-7-18(8-6-17)26-25(27(33)19-9-12-23-20(14-19)13-16(2)37-23)28(34)29(35)32(26)30-31-22-11-10-21(36-3)15-24(22)38-30/h5-12,14-16,26,33H,4,13H2,1-3H3/t16-,26+/m1/s1. The number of nitrogens with zero attached hydrogens (tertiary/aromatic N) is 2. The second-order valence-electron chi connectivity index (χ2n) is 9.55. The Kier molecular flexibility index (Phi) is 5.91. The summed E-state index contributed by atoms with van der Waals surface area (Å²) in [5.74, 6) is -0.225. The normalized spacial score (nSPS) is 20.1. The lowest BCUT2D eigenvalue weighted by atomic mass is 9.94. The summed E-state index contributed by atoms with van der Waals surface area (Å²) in [6, 6.07) is 17.8. The largest absolute Gasteiger partial charge is 0.507 e. The number of methoxy groups -OCH3 is 1. The Hall–Kier alpha value is -4.17. The number of rotatable bonds is 5. The van der Waals surface area contributed by atoms with E-state index in [9.17, 15) is 14.7 Å². The van der Waals surface area contributed by atoms with Crippen molar-refractivity contribution < 1.29 is 24.2 Å². The molecule has 1 amide bonds. The molecule has 1 aromatic heterocycles. The highest BCUT2D eigenvalue weighted by molar-refractivity contribution is 7.22. The number of aromatic nitrogens is 1. The van der Waals surface area contributed by atoms with Crippen LogP contribution < -0.4 is 14.4 Å². The van der Waals surface area contributed by atoms with Gasteiger partial charge in [0.25, 0.3) is 5.78 Å². The number of carbonyl (C=O) groups is 2. The van der Waals surface area contributed by atoms with Crippen LogP contribution in [0.3, 0.4) is 0 Å². The van der Waals surface area contributed by atoms with Gasteiger partial charge in [-0.1, -0.05) is 42.5 Å². The first-order valence-electron chi connectivity index (χ1n) is 12.5. The van der Waals surface area contributed by atoms with Gasteiger partial charge in [-0.25, -0.2) is 4.98 Å². The number of ketones is 1. The van der Waals surface area contributed by atoms with Gasteiger partial charge in [0.05, 0.1) is 28.9 Å². The molecule has 8 heteroatoms. The Morgan fingerprint density at radius 2 is 1.92 bits per heavy atom. The maximum absolute atomic E-state index is 13.5. The first-order valence-corrected chi connectivity index (χ1v) is 13.3. The molecule has 1 saturated heterocycles. The molecule has 0 bridgehead atoms. The number of anilines is 1. The van der Waals surface area contributed by atoms with Crippen LogP contribution in [-0.2, 0) is 22.4 Å². The molecule has 3 heterocycles. The number of benzene rings is 3. The zero-order valence-electron chi connectivity index (χ0n) is 21.2. The molecule has 4 aromatic rings. The molecule has 192 valence electrons. The van der Waals surface area contributed by atoms with E-state index in [2.05, 4.69) is 11.9 Å². The molecule has 6 rings (SSSR count). The van der Waals surface area contributed by atoms with Crippen LogP contribution in [-0.4, -0.2) is 35.0 Å². The van der Waals surface area contributed by atoms with Crippen molar-refractivity contribution >= 4 is 44.1 Å². The van der Waals surface area contributed by atoms with Crippen LogP contribution in [0.4, 0.5) is 5.13 Å². The van der Waals surface area contributed by atoms with Crippen molar-refractivity contribution in [2.45, 2.75) is 38.8 Å². The molecule has 38 heavy (non-hydrogen) atoms. The minimum absolute atomic E-state index is 0.0442. The van der Waals surface area contributed by atoms with Crippen molar-refractivity contribution in [3.05, 3.63) is 88.5 Å². The molecule has 0 radical (unpaired) electrons. The van der Waals surface area contributed by atoms with Crippen molar-refractivity contribution in [3.8, 4) is 11.5 Å². The first-order chi connectivity index (χ1) is 18.4. The third-order valence-corrected chi connectivity index (χ3v) is 8.13. The summed E-state index contributed by atoms with van der Waals surface area (Å²) in [7, 11) is 1.59. The van der Waals surface area contributed by atoms with E-state index < -0.39 is 17.7 Å². The van der Waals surface area contributed by atoms with E-state index in [1.165, 1.54) is 16.2 Å². The van der Waals surface area contributed by atoms with E-state index in [1.54, 1.807) is 25.3 Å². The number of hydrogen-bond acceptors (Lipinski definition) is 7. The zero-order valence-corrected chi connectivity index (χ0v) is 22.0. The molecule has 2 atom stereocenters. The highest BCUT2D eigenvalue weighted by atomic mass is 32.1. The van der Waals surface area contributed by atoms with Crippen molar-refractivity contribution in [3.63, 3.8) is 0 Å². The lowest BCUT2D eigenvalue weighted by Gasteiger charge is -2.23. The monoisotopic (exact) mass is 526 g/mol. The van der Waals surface area contributed by atoms with E-state index in [1.807, 2.05) is 49.4 Å². The minimum Gasteiger partial charge on any atom is -0.507 e. The Balaban J connectivity index is 1.52. The zero-order chi connectivity index (χ0) is 26.6.